The van der Waals surface area contributed by atoms with Crippen LogP contribution in [0.2, 0.25) is 0 Å². The molecule has 0 aliphatic carbocycles. The van der Waals surface area contributed by atoms with Crippen LogP contribution in [-0.4, -0.2) is 74.7 Å². The Balaban J connectivity index is 2.23. The van der Waals surface area contributed by atoms with Crippen LogP contribution in [0.5, 0.6) is 0 Å². The molecular formula is C14H29N3O2. The topological polar surface area (TPSA) is 44.8 Å². The first-order chi connectivity index (χ1) is 9.04. The monoisotopic (exact) mass is 271 g/mol. The van der Waals surface area contributed by atoms with Crippen molar-refractivity contribution in [2.75, 3.05) is 52.9 Å². The van der Waals surface area contributed by atoms with Gasteiger partial charge in [0.25, 0.3) is 0 Å². The maximum absolute atomic E-state index is 12.1. The zero-order chi connectivity index (χ0) is 14.3. The Kier molecular flexibility index (Phi) is 7.34. The van der Waals surface area contributed by atoms with E-state index in [9.17, 15) is 4.79 Å². The van der Waals surface area contributed by atoms with Gasteiger partial charge in [0.05, 0.1) is 12.7 Å². The number of nitrogens with zero attached hydrogens (tertiary/aromatic N) is 2. The van der Waals surface area contributed by atoms with Crippen molar-refractivity contribution in [3.63, 3.8) is 0 Å². The highest BCUT2D eigenvalue weighted by atomic mass is 16.5. The molecule has 1 N–H and O–H groups in total. The molecular weight excluding hydrogens is 242 g/mol. The highest BCUT2D eigenvalue weighted by molar-refractivity contribution is 5.78. The van der Waals surface area contributed by atoms with Gasteiger partial charge in [0.1, 0.15) is 0 Å². The highest BCUT2D eigenvalue weighted by Crippen LogP contribution is 2.07. The Morgan fingerprint density at radius 1 is 1.21 bits per heavy atom. The largest absolute Gasteiger partial charge is 0.377 e. The lowest BCUT2D eigenvalue weighted by Crippen LogP contribution is -2.51. The van der Waals surface area contributed by atoms with Gasteiger partial charge in [0.2, 0.25) is 5.91 Å². The fourth-order valence-corrected chi connectivity index (χ4v) is 2.31. The average Bonchev–Trinajstić information content (AvgIpc) is 2.38. The number of carbonyl (C=O) groups excluding carboxylic acids is 1. The molecule has 0 spiro atoms. The van der Waals surface area contributed by atoms with Crippen LogP contribution in [0, 0.1) is 5.92 Å². The van der Waals surface area contributed by atoms with Crippen LogP contribution >= 0.6 is 0 Å². The van der Waals surface area contributed by atoms with Gasteiger partial charge < -0.3 is 15.0 Å². The van der Waals surface area contributed by atoms with E-state index >= 15 is 0 Å². The Morgan fingerprint density at radius 3 is 2.37 bits per heavy atom. The first-order valence-corrected chi connectivity index (χ1v) is 7.32. The van der Waals surface area contributed by atoms with E-state index in [1.807, 2.05) is 18.9 Å². The molecule has 0 radical (unpaired) electrons. The number of carbonyl (C=O) groups is 1. The molecule has 0 bridgehead atoms. The fraction of sp³-hybridized carbons (Fsp3) is 0.929. The van der Waals surface area contributed by atoms with E-state index in [0.29, 0.717) is 6.10 Å². The molecule has 0 aromatic heterocycles. The van der Waals surface area contributed by atoms with Gasteiger partial charge in [0.15, 0.2) is 0 Å². The van der Waals surface area contributed by atoms with Crippen molar-refractivity contribution in [2.24, 2.45) is 5.92 Å². The lowest BCUT2D eigenvalue weighted by Gasteiger charge is -2.36. The number of hydrogen-bond donors (Lipinski definition) is 1. The molecule has 0 saturated carbocycles. The quantitative estimate of drug-likeness (QED) is 0.728. The molecule has 1 aliphatic heterocycles. The summed E-state index contributed by atoms with van der Waals surface area (Å²) in [7, 11) is 1.89. The first kappa shape index (κ1) is 16.4. The smallest absolute Gasteiger partial charge is 0.226 e. The minimum Gasteiger partial charge on any atom is -0.377 e. The first-order valence-electron chi connectivity index (χ1n) is 7.32. The minimum atomic E-state index is 0.0702. The SMILES string of the molecule is CNCC(C)C(=O)N1CCN(CCOC(C)C)CC1. The fourth-order valence-electron chi connectivity index (χ4n) is 2.31. The molecule has 1 saturated heterocycles. The van der Waals surface area contributed by atoms with E-state index in [2.05, 4.69) is 24.1 Å². The summed E-state index contributed by atoms with van der Waals surface area (Å²) >= 11 is 0. The normalized spacial score (nSPS) is 18.9. The third kappa shape index (κ3) is 5.89. The molecule has 1 unspecified atom stereocenters. The molecule has 1 fully saturated rings. The van der Waals surface area contributed by atoms with E-state index in [4.69, 9.17) is 4.74 Å². The maximum Gasteiger partial charge on any atom is 0.226 e. The summed E-state index contributed by atoms with van der Waals surface area (Å²) in [5, 5.41) is 3.06. The molecule has 1 amide bonds. The molecule has 1 aliphatic rings. The number of hydrogen-bond acceptors (Lipinski definition) is 4. The zero-order valence-electron chi connectivity index (χ0n) is 12.8. The lowest BCUT2D eigenvalue weighted by molar-refractivity contribution is -0.136. The molecule has 1 heterocycles. The number of piperazine rings is 1. The van der Waals surface area contributed by atoms with Gasteiger partial charge in [-0.25, -0.2) is 0 Å². The van der Waals surface area contributed by atoms with Crippen molar-refractivity contribution < 1.29 is 9.53 Å². The minimum absolute atomic E-state index is 0.0702. The zero-order valence-corrected chi connectivity index (χ0v) is 12.8. The van der Waals surface area contributed by atoms with Gasteiger partial charge in [0, 0.05) is 45.2 Å². The van der Waals surface area contributed by atoms with Gasteiger partial charge >= 0.3 is 0 Å². The van der Waals surface area contributed by atoms with Gasteiger partial charge in [-0.05, 0) is 20.9 Å². The van der Waals surface area contributed by atoms with E-state index in [1.165, 1.54) is 0 Å². The summed E-state index contributed by atoms with van der Waals surface area (Å²) in [6.07, 6.45) is 0.297. The van der Waals surface area contributed by atoms with Crippen molar-refractivity contribution in [3.05, 3.63) is 0 Å². The van der Waals surface area contributed by atoms with Crippen molar-refractivity contribution in [3.8, 4) is 0 Å². The van der Waals surface area contributed by atoms with Crippen LogP contribution in [0.3, 0.4) is 0 Å². The van der Waals surface area contributed by atoms with Crippen LogP contribution in [-0.2, 0) is 9.53 Å². The second-order valence-electron chi connectivity index (χ2n) is 5.55. The summed E-state index contributed by atoms with van der Waals surface area (Å²) in [4.78, 5) is 16.5. The predicted molar refractivity (Wildman–Crippen MR) is 77.2 cm³/mol. The molecule has 112 valence electrons. The molecule has 1 atom stereocenters. The Labute approximate surface area is 117 Å². The Morgan fingerprint density at radius 2 is 1.84 bits per heavy atom. The van der Waals surface area contributed by atoms with Crippen LogP contribution in [0.15, 0.2) is 0 Å². The number of nitrogens with one attached hydrogen (secondary N) is 1. The molecule has 5 nitrogen and oxygen atoms in total. The van der Waals surface area contributed by atoms with Gasteiger partial charge in [-0.2, -0.15) is 0 Å². The van der Waals surface area contributed by atoms with E-state index in [-0.39, 0.29) is 11.8 Å². The molecule has 0 aromatic carbocycles. The summed E-state index contributed by atoms with van der Waals surface area (Å²) in [5.41, 5.74) is 0. The third-order valence-electron chi connectivity index (χ3n) is 3.47. The molecule has 5 heteroatoms. The summed E-state index contributed by atoms with van der Waals surface area (Å²) in [6, 6.07) is 0. The standard InChI is InChI=1S/C14H29N3O2/c1-12(2)19-10-9-16-5-7-17(8-6-16)14(18)13(3)11-15-4/h12-13,15H,5-11H2,1-4H3. The summed E-state index contributed by atoms with van der Waals surface area (Å²) in [6.45, 7) is 12.2. The average molecular weight is 271 g/mol. The summed E-state index contributed by atoms with van der Waals surface area (Å²) in [5.74, 6) is 0.341. The van der Waals surface area contributed by atoms with E-state index in [1.54, 1.807) is 0 Å². The van der Waals surface area contributed by atoms with Gasteiger partial charge in [-0.1, -0.05) is 6.92 Å². The van der Waals surface area contributed by atoms with Gasteiger partial charge in [-0.3, -0.25) is 9.69 Å². The molecule has 1 rings (SSSR count). The molecule has 0 aromatic rings. The van der Waals surface area contributed by atoms with Crippen molar-refractivity contribution in [2.45, 2.75) is 26.9 Å². The van der Waals surface area contributed by atoms with Crippen molar-refractivity contribution >= 4 is 5.91 Å². The second kappa shape index (κ2) is 8.51. The van der Waals surface area contributed by atoms with Gasteiger partial charge in [-0.15, -0.1) is 0 Å². The van der Waals surface area contributed by atoms with E-state index < -0.39 is 0 Å². The van der Waals surface area contributed by atoms with Crippen molar-refractivity contribution in [1.82, 2.24) is 15.1 Å². The van der Waals surface area contributed by atoms with Crippen LogP contribution in [0.25, 0.3) is 0 Å². The highest BCUT2D eigenvalue weighted by Gasteiger charge is 2.24. The third-order valence-corrected chi connectivity index (χ3v) is 3.47. The lowest BCUT2D eigenvalue weighted by atomic mass is 10.1. The predicted octanol–water partition coefficient (Wildman–Crippen LogP) is 0.411. The summed E-state index contributed by atoms with van der Waals surface area (Å²) < 4.78 is 5.56. The number of amides is 1. The van der Waals surface area contributed by atoms with Crippen LogP contribution in [0.4, 0.5) is 0 Å². The van der Waals surface area contributed by atoms with Crippen LogP contribution < -0.4 is 5.32 Å². The van der Waals surface area contributed by atoms with Crippen LogP contribution in [0.1, 0.15) is 20.8 Å². The number of rotatable bonds is 7. The number of ether oxygens (including phenoxy) is 1. The Bertz CT molecular complexity index is 263. The Hall–Kier alpha value is -0.650. The molecule has 19 heavy (non-hydrogen) atoms. The maximum atomic E-state index is 12.1. The van der Waals surface area contributed by atoms with E-state index in [0.717, 1.165) is 45.9 Å². The second-order valence-corrected chi connectivity index (χ2v) is 5.55. The van der Waals surface area contributed by atoms with Crippen molar-refractivity contribution in [1.29, 1.82) is 0 Å².